The second kappa shape index (κ2) is 8.74. The monoisotopic (exact) mass is 458 g/mol. The van der Waals surface area contributed by atoms with Gasteiger partial charge in [-0.3, -0.25) is 10.1 Å². The van der Waals surface area contributed by atoms with Crippen molar-refractivity contribution in [2.75, 3.05) is 31.1 Å². The number of nitrogens with zero attached hydrogens (tertiary/aromatic N) is 4. The van der Waals surface area contributed by atoms with Crippen LogP contribution in [0.3, 0.4) is 0 Å². The summed E-state index contributed by atoms with van der Waals surface area (Å²) in [5.74, 6) is 0. The van der Waals surface area contributed by atoms with Crippen molar-refractivity contribution in [2.24, 2.45) is 0 Å². The number of nitro groups is 1. The Balaban J connectivity index is 1.40. The highest BCUT2D eigenvalue weighted by Crippen LogP contribution is 2.26. The molecule has 162 valence electrons. The van der Waals surface area contributed by atoms with Crippen molar-refractivity contribution in [3.05, 3.63) is 80.8 Å². The first-order valence-electron chi connectivity index (χ1n) is 9.83. The molecular weight excluding hydrogens is 436 g/mol. The molecule has 0 radical (unpaired) electrons. The third-order valence-electron chi connectivity index (χ3n) is 5.37. The van der Waals surface area contributed by atoms with E-state index >= 15 is 0 Å². The van der Waals surface area contributed by atoms with Crippen LogP contribution in [0.15, 0.2) is 58.8 Å². The van der Waals surface area contributed by atoms with Crippen molar-refractivity contribution < 1.29 is 13.3 Å². The van der Waals surface area contributed by atoms with Crippen LogP contribution < -0.4 is 4.90 Å². The zero-order chi connectivity index (χ0) is 22.0. The van der Waals surface area contributed by atoms with Gasteiger partial charge in [0, 0.05) is 50.1 Å². The van der Waals surface area contributed by atoms with Crippen LogP contribution in [0.1, 0.15) is 16.8 Å². The molecule has 1 aromatic heterocycles. The number of piperazine rings is 1. The molecule has 8 nitrogen and oxygen atoms in total. The molecule has 0 atom stereocenters. The van der Waals surface area contributed by atoms with E-state index in [1.807, 2.05) is 12.1 Å². The van der Waals surface area contributed by atoms with E-state index in [9.17, 15) is 18.5 Å². The van der Waals surface area contributed by atoms with Gasteiger partial charge < -0.3 is 4.90 Å². The molecule has 1 aliphatic rings. The summed E-state index contributed by atoms with van der Waals surface area (Å²) >= 11 is 1.57. The predicted molar refractivity (Wildman–Crippen MR) is 120 cm³/mol. The van der Waals surface area contributed by atoms with Crippen molar-refractivity contribution >= 4 is 32.2 Å². The molecule has 1 saturated heterocycles. The zero-order valence-electron chi connectivity index (χ0n) is 17.0. The van der Waals surface area contributed by atoms with E-state index in [2.05, 4.69) is 29.3 Å². The summed E-state index contributed by atoms with van der Waals surface area (Å²) in [6.07, 6.45) is 0.775. The van der Waals surface area contributed by atoms with Gasteiger partial charge in [-0.1, -0.05) is 24.3 Å². The lowest BCUT2D eigenvalue weighted by Crippen LogP contribution is -2.48. The number of benzene rings is 2. The Morgan fingerprint density at radius 3 is 2.39 bits per heavy atom. The van der Waals surface area contributed by atoms with Crippen molar-refractivity contribution in [1.82, 2.24) is 9.29 Å². The van der Waals surface area contributed by atoms with E-state index in [1.165, 1.54) is 39.7 Å². The summed E-state index contributed by atoms with van der Waals surface area (Å²) in [5.41, 5.74) is 3.37. The molecule has 0 aliphatic carbocycles. The van der Waals surface area contributed by atoms with Gasteiger partial charge in [0.15, 0.2) is 5.13 Å². The summed E-state index contributed by atoms with van der Waals surface area (Å²) in [7, 11) is -3.68. The Labute approximate surface area is 185 Å². The predicted octanol–water partition coefficient (Wildman–Crippen LogP) is 3.46. The summed E-state index contributed by atoms with van der Waals surface area (Å²) < 4.78 is 27.2. The average molecular weight is 459 g/mol. The van der Waals surface area contributed by atoms with Crippen molar-refractivity contribution in [3.8, 4) is 0 Å². The van der Waals surface area contributed by atoms with E-state index in [0.29, 0.717) is 26.2 Å². The normalized spacial score (nSPS) is 15.2. The van der Waals surface area contributed by atoms with Crippen molar-refractivity contribution in [2.45, 2.75) is 18.2 Å². The van der Waals surface area contributed by atoms with Crippen molar-refractivity contribution in [1.29, 1.82) is 0 Å². The molecule has 0 N–H and O–H groups in total. The van der Waals surface area contributed by atoms with Crippen molar-refractivity contribution in [3.63, 3.8) is 0 Å². The van der Waals surface area contributed by atoms with Gasteiger partial charge >= 0.3 is 0 Å². The maximum Gasteiger partial charge on any atom is 0.269 e. The van der Waals surface area contributed by atoms with Crippen LogP contribution in [0, 0.1) is 17.0 Å². The van der Waals surface area contributed by atoms with Crippen LogP contribution in [-0.2, 0) is 16.4 Å². The van der Waals surface area contributed by atoms with Gasteiger partial charge in [-0.25, -0.2) is 13.4 Å². The first-order valence-corrected chi connectivity index (χ1v) is 12.1. The molecule has 0 amide bonds. The molecule has 1 fully saturated rings. The third kappa shape index (κ3) is 4.60. The maximum absolute atomic E-state index is 12.9. The van der Waals surface area contributed by atoms with Gasteiger partial charge in [0.25, 0.3) is 5.69 Å². The van der Waals surface area contributed by atoms with E-state index in [0.717, 1.165) is 17.2 Å². The number of hydrogen-bond donors (Lipinski definition) is 0. The number of aromatic nitrogens is 1. The maximum atomic E-state index is 12.9. The third-order valence-corrected chi connectivity index (χ3v) is 8.23. The van der Waals surface area contributed by atoms with Gasteiger partial charge in [0.1, 0.15) is 0 Å². The van der Waals surface area contributed by atoms with Gasteiger partial charge in [0.2, 0.25) is 10.0 Å². The minimum Gasteiger partial charge on any atom is -0.345 e. The Bertz CT molecular complexity index is 1180. The topological polar surface area (TPSA) is 96.7 Å². The summed E-state index contributed by atoms with van der Waals surface area (Å²) in [4.78, 5) is 17.2. The summed E-state index contributed by atoms with van der Waals surface area (Å²) in [6, 6.07) is 13.3. The molecule has 3 aromatic rings. The Morgan fingerprint density at radius 2 is 1.74 bits per heavy atom. The van der Waals surface area contributed by atoms with E-state index < -0.39 is 14.9 Å². The van der Waals surface area contributed by atoms with Crippen LogP contribution >= 0.6 is 11.3 Å². The Kier molecular flexibility index (Phi) is 6.03. The smallest absolute Gasteiger partial charge is 0.269 e. The average Bonchev–Trinajstić information content (AvgIpc) is 3.24. The Morgan fingerprint density at radius 1 is 1.06 bits per heavy atom. The molecular formula is C21H22N4O4S2. The lowest BCUT2D eigenvalue weighted by Gasteiger charge is -2.33. The van der Waals surface area contributed by atoms with Crippen LogP contribution in [0.25, 0.3) is 0 Å². The number of aryl methyl sites for hydroxylation is 1. The largest absolute Gasteiger partial charge is 0.345 e. The number of rotatable bonds is 6. The Hall–Kier alpha value is -2.82. The van der Waals surface area contributed by atoms with Crippen LogP contribution in [-0.4, -0.2) is 48.8 Å². The van der Waals surface area contributed by atoms with Gasteiger partial charge in [-0.15, -0.1) is 11.3 Å². The minimum absolute atomic E-state index is 0.0707. The molecule has 4 rings (SSSR count). The van der Waals surface area contributed by atoms with Crippen LogP contribution in [0.2, 0.25) is 0 Å². The van der Waals surface area contributed by atoms with Gasteiger partial charge in [-0.05, 0) is 30.2 Å². The van der Waals surface area contributed by atoms with Crippen LogP contribution in [0.4, 0.5) is 10.8 Å². The van der Waals surface area contributed by atoms with E-state index in [4.69, 9.17) is 4.98 Å². The fraction of sp³-hybridized carbons (Fsp3) is 0.286. The summed E-state index contributed by atoms with van der Waals surface area (Å²) in [5, 5.41) is 13.7. The molecule has 0 unspecified atom stereocenters. The van der Waals surface area contributed by atoms with E-state index in [-0.39, 0.29) is 10.6 Å². The fourth-order valence-electron chi connectivity index (χ4n) is 3.53. The number of sulfonamides is 1. The zero-order valence-corrected chi connectivity index (χ0v) is 18.6. The fourth-order valence-corrected chi connectivity index (χ4v) is 5.84. The SMILES string of the molecule is Cc1ccccc1Cc1csc(N2CCN(S(=O)(=O)c3ccc([N+](=O)[O-])cc3)CC2)n1. The standard InChI is InChI=1S/C21H22N4O4S2/c1-16-4-2-3-5-17(16)14-18-15-30-21(22-18)23-10-12-24(13-11-23)31(28,29)20-8-6-19(7-9-20)25(26)27/h2-9,15H,10-14H2,1H3. The molecule has 2 aromatic carbocycles. The molecule has 10 heteroatoms. The molecule has 1 aliphatic heterocycles. The number of hydrogen-bond acceptors (Lipinski definition) is 7. The second-order valence-electron chi connectivity index (χ2n) is 7.37. The van der Waals surface area contributed by atoms with Gasteiger partial charge in [-0.2, -0.15) is 4.31 Å². The summed E-state index contributed by atoms with van der Waals surface area (Å²) in [6.45, 7) is 3.86. The first kappa shape index (κ1) is 21.4. The highest BCUT2D eigenvalue weighted by atomic mass is 32.2. The number of anilines is 1. The highest BCUT2D eigenvalue weighted by molar-refractivity contribution is 7.89. The molecule has 31 heavy (non-hydrogen) atoms. The minimum atomic E-state index is -3.68. The molecule has 2 heterocycles. The first-order chi connectivity index (χ1) is 14.8. The van der Waals surface area contributed by atoms with Gasteiger partial charge in [0.05, 0.1) is 15.5 Å². The number of nitro benzene ring substituents is 1. The molecule has 0 saturated carbocycles. The van der Waals surface area contributed by atoms with Crippen LogP contribution in [0.5, 0.6) is 0 Å². The van der Waals surface area contributed by atoms with E-state index in [1.54, 1.807) is 11.3 Å². The lowest BCUT2D eigenvalue weighted by molar-refractivity contribution is -0.384. The second-order valence-corrected chi connectivity index (χ2v) is 10.1. The molecule has 0 bridgehead atoms. The number of thiazole rings is 1. The number of non-ortho nitro benzene ring substituents is 1. The quantitative estimate of drug-likeness (QED) is 0.415. The molecule has 0 spiro atoms. The lowest BCUT2D eigenvalue weighted by atomic mass is 10.1. The highest BCUT2D eigenvalue weighted by Gasteiger charge is 2.29.